The Hall–Kier alpha value is -1.14. The van der Waals surface area contributed by atoms with Crippen molar-refractivity contribution in [3.05, 3.63) is 34.9 Å². The molecule has 2 unspecified atom stereocenters. The average molecular weight is 235 g/mol. The molecule has 0 radical (unpaired) electrons. The molecule has 3 heteroatoms. The zero-order valence-electron chi connectivity index (χ0n) is 6.81. The molecule has 0 spiro atoms. The van der Waals surface area contributed by atoms with E-state index in [1.54, 1.807) is 0 Å². The molecule has 0 saturated carbocycles. The molecule has 0 aromatic carbocycles. The third-order valence-corrected chi connectivity index (χ3v) is 2.74. The maximum absolute atomic E-state index is 8.76. The first-order chi connectivity index (χ1) is 6.31. The molecule has 1 heterocycles. The van der Waals surface area contributed by atoms with Gasteiger partial charge in [-0.3, -0.25) is 4.99 Å². The van der Waals surface area contributed by atoms with Gasteiger partial charge < -0.3 is 0 Å². The highest BCUT2D eigenvalue weighted by Crippen LogP contribution is 2.26. The van der Waals surface area contributed by atoms with Crippen LogP contribution in [0.25, 0.3) is 0 Å². The van der Waals surface area contributed by atoms with Crippen LogP contribution in [0.1, 0.15) is 0 Å². The Balaban J connectivity index is 2.37. The zero-order valence-corrected chi connectivity index (χ0v) is 8.40. The largest absolute Gasteiger partial charge is 0.265 e. The maximum atomic E-state index is 8.76. The zero-order chi connectivity index (χ0) is 9.26. The van der Waals surface area contributed by atoms with Crippen LogP contribution in [-0.4, -0.2) is 11.8 Å². The van der Waals surface area contributed by atoms with E-state index in [1.807, 2.05) is 24.3 Å². The Morgan fingerprint density at radius 3 is 2.92 bits per heavy atom. The summed E-state index contributed by atoms with van der Waals surface area (Å²) in [6.45, 7) is 0. The SMILES string of the molecule is N#CC1=NC2C=CC=CC2C=C1Br. The van der Waals surface area contributed by atoms with Crippen molar-refractivity contribution in [1.82, 2.24) is 0 Å². The van der Waals surface area contributed by atoms with Crippen molar-refractivity contribution < 1.29 is 0 Å². The number of allylic oxidation sites excluding steroid dienone is 3. The number of halogens is 1. The number of nitriles is 1. The van der Waals surface area contributed by atoms with E-state index in [2.05, 4.69) is 33.1 Å². The summed E-state index contributed by atoms with van der Waals surface area (Å²) < 4.78 is 0.802. The van der Waals surface area contributed by atoms with Gasteiger partial charge in [0.25, 0.3) is 0 Å². The van der Waals surface area contributed by atoms with Crippen molar-refractivity contribution in [3.63, 3.8) is 0 Å². The monoisotopic (exact) mass is 234 g/mol. The topological polar surface area (TPSA) is 36.1 Å². The van der Waals surface area contributed by atoms with Crippen molar-refractivity contribution >= 4 is 21.6 Å². The Kier molecular flexibility index (Phi) is 2.15. The first-order valence-electron chi connectivity index (χ1n) is 4.02. The maximum Gasteiger partial charge on any atom is 0.149 e. The summed E-state index contributed by atoms with van der Waals surface area (Å²) in [7, 11) is 0. The lowest BCUT2D eigenvalue weighted by Gasteiger charge is -2.21. The first kappa shape index (κ1) is 8.46. The molecule has 1 aliphatic heterocycles. The fourth-order valence-electron chi connectivity index (χ4n) is 1.44. The molecule has 0 bridgehead atoms. The van der Waals surface area contributed by atoms with Gasteiger partial charge in [0, 0.05) is 5.92 Å². The summed E-state index contributed by atoms with van der Waals surface area (Å²) in [5.41, 5.74) is 0.487. The normalized spacial score (nSPS) is 30.2. The van der Waals surface area contributed by atoms with Crippen LogP contribution in [0.2, 0.25) is 0 Å². The Morgan fingerprint density at radius 1 is 1.38 bits per heavy atom. The third-order valence-electron chi connectivity index (χ3n) is 2.10. The predicted molar refractivity (Wildman–Crippen MR) is 55.6 cm³/mol. The van der Waals surface area contributed by atoms with Gasteiger partial charge in [-0.2, -0.15) is 5.26 Å². The van der Waals surface area contributed by atoms with E-state index >= 15 is 0 Å². The molecule has 13 heavy (non-hydrogen) atoms. The highest BCUT2D eigenvalue weighted by molar-refractivity contribution is 9.12. The number of aliphatic imine (C=N–C) groups is 1. The predicted octanol–water partition coefficient (Wildman–Crippen LogP) is 2.35. The second kappa shape index (κ2) is 3.31. The van der Waals surface area contributed by atoms with Crippen molar-refractivity contribution in [2.45, 2.75) is 6.04 Å². The van der Waals surface area contributed by atoms with Crippen LogP contribution in [0, 0.1) is 17.2 Å². The lowest BCUT2D eigenvalue weighted by Crippen LogP contribution is -2.21. The highest BCUT2D eigenvalue weighted by Gasteiger charge is 2.22. The van der Waals surface area contributed by atoms with E-state index in [4.69, 9.17) is 5.26 Å². The van der Waals surface area contributed by atoms with Crippen LogP contribution in [0.4, 0.5) is 0 Å². The second-order valence-corrected chi connectivity index (χ2v) is 3.80. The van der Waals surface area contributed by atoms with Gasteiger partial charge in [0.1, 0.15) is 11.8 Å². The van der Waals surface area contributed by atoms with Gasteiger partial charge in [0.2, 0.25) is 0 Å². The van der Waals surface area contributed by atoms with Crippen LogP contribution in [0.5, 0.6) is 0 Å². The molecule has 0 amide bonds. The van der Waals surface area contributed by atoms with Crippen molar-refractivity contribution in [1.29, 1.82) is 5.26 Å². The number of rotatable bonds is 0. The molecule has 0 N–H and O–H groups in total. The van der Waals surface area contributed by atoms with E-state index < -0.39 is 0 Å². The first-order valence-corrected chi connectivity index (χ1v) is 4.81. The third kappa shape index (κ3) is 1.50. The van der Waals surface area contributed by atoms with Gasteiger partial charge in [0.05, 0.1) is 10.5 Å². The van der Waals surface area contributed by atoms with E-state index in [1.165, 1.54) is 0 Å². The van der Waals surface area contributed by atoms with Crippen LogP contribution < -0.4 is 0 Å². The van der Waals surface area contributed by atoms with E-state index in [0.29, 0.717) is 11.6 Å². The molecule has 64 valence electrons. The fourth-order valence-corrected chi connectivity index (χ4v) is 1.93. The minimum absolute atomic E-state index is 0.112. The number of fused-ring (bicyclic) bond motifs is 1. The van der Waals surface area contributed by atoms with Gasteiger partial charge >= 0.3 is 0 Å². The summed E-state index contributed by atoms with van der Waals surface area (Å²) in [4.78, 5) is 4.31. The number of hydrogen-bond donors (Lipinski definition) is 0. The van der Waals surface area contributed by atoms with Crippen molar-refractivity contribution in [2.24, 2.45) is 10.9 Å². The molecule has 0 saturated heterocycles. The molecule has 0 aromatic rings. The highest BCUT2D eigenvalue weighted by atomic mass is 79.9. The number of dihydropyridines is 1. The molecule has 0 aromatic heterocycles. The molecule has 0 fully saturated rings. The van der Waals surface area contributed by atoms with Gasteiger partial charge in [-0.25, -0.2) is 0 Å². The van der Waals surface area contributed by atoms with Crippen LogP contribution >= 0.6 is 15.9 Å². The molecule has 2 nitrogen and oxygen atoms in total. The van der Waals surface area contributed by atoms with Gasteiger partial charge in [-0.05, 0) is 15.9 Å². The van der Waals surface area contributed by atoms with Gasteiger partial charge in [0.15, 0.2) is 0 Å². The van der Waals surface area contributed by atoms with Crippen LogP contribution in [-0.2, 0) is 0 Å². The molecule has 2 aliphatic rings. The quantitative estimate of drug-likeness (QED) is 0.634. The molecular formula is C10H7BrN2. The molecule has 2 rings (SSSR count). The van der Waals surface area contributed by atoms with Gasteiger partial charge in [-0.1, -0.05) is 30.4 Å². The van der Waals surface area contributed by atoms with Crippen molar-refractivity contribution in [3.8, 4) is 6.07 Å². The number of nitrogens with zero attached hydrogens (tertiary/aromatic N) is 2. The van der Waals surface area contributed by atoms with E-state index in [9.17, 15) is 0 Å². The molecule has 2 atom stereocenters. The standard InChI is InChI=1S/C10H7BrN2/c11-8-5-7-3-1-2-4-9(7)13-10(8)6-12/h1-5,7,9H. The van der Waals surface area contributed by atoms with Crippen LogP contribution in [0.15, 0.2) is 39.9 Å². The smallest absolute Gasteiger partial charge is 0.149 e. The summed E-state index contributed by atoms with van der Waals surface area (Å²) >= 11 is 3.33. The summed E-state index contributed by atoms with van der Waals surface area (Å²) in [6, 6.07) is 2.18. The second-order valence-electron chi connectivity index (χ2n) is 2.94. The molecule has 1 aliphatic carbocycles. The molecular weight excluding hydrogens is 228 g/mol. The summed E-state index contributed by atoms with van der Waals surface area (Å²) in [5.74, 6) is 0.302. The Morgan fingerprint density at radius 2 is 2.15 bits per heavy atom. The fraction of sp³-hybridized carbons (Fsp3) is 0.200. The summed E-state index contributed by atoms with van der Waals surface area (Å²) in [6.07, 6.45) is 10.1. The Labute approximate surface area is 85.1 Å². The Bertz CT molecular complexity index is 382. The summed E-state index contributed by atoms with van der Waals surface area (Å²) in [5, 5.41) is 8.76. The number of hydrogen-bond acceptors (Lipinski definition) is 2. The minimum Gasteiger partial charge on any atom is -0.265 e. The average Bonchev–Trinajstić information content (AvgIpc) is 2.17. The van der Waals surface area contributed by atoms with Crippen molar-refractivity contribution in [2.75, 3.05) is 0 Å². The minimum atomic E-state index is 0.112. The van der Waals surface area contributed by atoms with Crippen LogP contribution in [0.3, 0.4) is 0 Å². The van der Waals surface area contributed by atoms with E-state index in [0.717, 1.165) is 4.48 Å². The lowest BCUT2D eigenvalue weighted by atomic mass is 9.92. The van der Waals surface area contributed by atoms with E-state index in [-0.39, 0.29) is 6.04 Å². The van der Waals surface area contributed by atoms with Gasteiger partial charge in [-0.15, -0.1) is 0 Å². The lowest BCUT2D eigenvalue weighted by molar-refractivity contribution is 0.680.